The monoisotopic (exact) mass is 254 g/mol. The lowest BCUT2D eigenvalue weighted by molar-refractivity contribution is -0.137. The summed E-state index contributed by atoms with van der Waals surface area (Å²) >= 11 is 6.93. The molecule has 0 nitrogen and oxygen atoms in total. The number of rotatable bonds is 3. The summed E-state index contributed by atoms with van der Waals surface area (Å²) < 4.78 is 37.1. The van der Waals surface area contributed by atoms with Crippen LogP contribution in [0.4, 0.5) is 13.2 Å². The Hall–Kier alpha value is -0.350. The maximum absolute atomic E-state index is 12.4. The molecular formula is C10H10ClF3S. The molecular weight excluding hydrogens is 245 g/mol. The topological polar surface area (TPSA) is 0 Å². The molecule has 5 heteroatoms. The molecule has 0 heterocycles. The Bertz CT molecular complexity index is 325. The van der Waals surface area contributed by atoms with E-state index in [0.29, 0.717) is 10.8 Å². The van der Waals surface area contributed by atoms with Crippen molar-refractivity contribution < 1.29 is 13.2 Å². The molecule has 1 rings (SSSR count). The number of halogens is 4. The predicted molar refractivity (Wildman–Crippen MR) is 57.5 cm³/mol. The van der Waals surface area contributed by atoms with Gasteiger partial charge in [0.05, 0.1) is 5.56 Å². The van der Waals surface area contributed by atoms with Crippen molar-refractivity contribution in [2.45, 2.75) is 23.2 Å². The third-order valence-electron chi connectivity index (χ3n) is 1.72. The third kappa shape index (κ3) is 3.95. The molecule has 0 aliphatic carbocycles. The van der Waals surface area contributed by atoms with Crippen LogP contribution in [0.5, 0.6) is 0 Å². The molecule has 0 radical (unpaired) electrons. The third-order valence-corrected chi connectivity index (χ3v) is 3.46. The average molecular weight is 255 g/mol. The van der Waals surface area contributed by atoms with Crippen molar-refractivity contribution in [2.24, 2.45) is 0 Å². The van der Waals surface area contributed by atoms with E-state index < -0.39 is 11.7 Å². The molecule has 0 aliphatic rings. The zero-order valence-electron chi connectivity index (χ0n) is 8.01. The highest BCUT2D eigenvalue weighted by Gasteiger charge is 2.30. The highest BCUT2D eigenvalue weighted by molar-refractivity contribution is 8.00. The van der Waals surface area contributed by atoms with Gasteiger partial charge in [-0.05, 0) is 18.2 Å². The summed E-state index contributed by atoms with van der Waals surface area (Å²) in [5.74, 6) is 0.418. The van der Waals surface area contributed by atoms with Crippen molar-refractivity contribution >= 4 is 23.4 Å². The molecule has 84 valence electrons. The van der Waals surface area contributed by atoms with Gasteiger partial charge >= 0.3 is 6.18 Å². The summed E-state index contributed by atoms with van der Waals surface area (Å²) in [7, 11) is 0. The Balaban J connectivity index is 2.84. The first-order valence-electron chi connectivity index (χ1n) is 4.33. The first-order valence-corrected chi connectivity index (χ1v) is 5.75. The number of hydrogen-bond donors (Lipinski definition) is 0. The fourth-order valence-electron chi connectivity index (χ4n) is 1.01. The summed E-state index contributed by atoms with van der Waals surface area (Å²) in [6, 6.07) is 5.28. The van der Waals surface area contributed by atoms with E-state index in [4.69, 9.17) is 11.6 Å². The van der Waals surface area contributed by atoms with Gasteiger partial charge in [-0.1, -0.05) is 13.0 Å². The summed E-state index contributed by atoms with van der Waals surface area (Å²) in [4.78, 5) is 0.595. The number of benzene rings is 1. The van der Waals surface area contributed by atoms with Crippen molar-refractivity contribution in [1.82, 2.24) is 0 Å². The Morgan fingerprint density at radius 1 is 1.40 bits per heavy atom. The molecule has 0 spiro atoms. The van der Waals surface area contributed by atoms with E-state index in [1.54, 1.807) is 6.07 Å². The van der Waals surface area contributed by atoms with Crippen LogP contribution in [0.15, 0.2) is 29.2 Å². The van der Waals surface area contributed by atoms with Gasteiger partial charge in [-0.15, -0.1) is 23.4 Å². The summed E-state index contributed by atoms with van der Waals surface area (Å²) in [5, 5.41) is 0.107. The van der Waals surface area contributed by atoms with Gasteiger partial charge in [0.2, 0.25) is 0 Å². The molecule has 0 bridgehead atoms. The molecule has 0 fully saturated rings. The van der Waals surface area contributed by atoms with Gasteiger partial charge in [0.1, 0.15) is 0 Å². The van der Waals surface area contributed by atoms with Crippen molar-refractivity contribution in [3.05, 3.63) is 29.8 Å². The number of alkyl halides is 4. The van der Waals surface area contributed by atoms with Gasteiger partial charge in [-0.25, -0.2) is 0 Å². The van der Waals surface area contributed by atoms with E-state index >= 15 is 0 Å². The van der Waals surface area contributed by atoms with Gasteiger partial charge in [0, 0.05) is 16.0 Å². The van der Waals surface area contributed by atoms with Crippen LogP contribution in [-0.4, -0.2) is 11.1 Å². The molecule has 0 N–H and O–H groups in total. The fourth-order valence-corrected chi connectivity index (χ4v) is 2.08. The molecule has 15 heavy (non-hydrogen) atoms. The molecule has 1 unspecified atom stereocenters. The van der Waals surface area contributed by atoms with Crippen LogP contribution in [0.1, 0.15) is 12.5 Å². The fraction of sp³-hybridized carbons (Fsp3) is 0.400. The number of thioether (sulfide) groups is 1. The van der Waals surface area contributed by atoms with Crippen LogP contribution < -0.4 is 0 Å². The minimum atomic E-state index is -4.28. The number of hydrogen-bond acceptors (Lipinski definition) is 1. The van der Waals surface area contributed by atoms with Crippen LogP contribution in [0.25, 0.3) is 0 Å². The summed E-state index contributed by atoms with van der Waals surface area (Å²) in [5.41, 5.74) is -0.616. The lowest BCUT2D eigenvalue weighted by Gasteiger charge is -2.10. The van der Waals surface area contributed by atoms with Gasteiger partial charge in [-0.3, -0.25) is 0 Å². The maximum atomic E-state index is 12.4. The first kappa shape index (κ1) is 12.7. The molecule has 0 amide bonds. The van der Waals surface area contributed by atoms with E-state index in [1.807, 2.05) is 6.92 Å². The van der Waals surface area contributed by atoms with Crippen LogP contribution in [0.3, 0.4) is 0 Å². The van der Waals surface area contributed by atoms with Gasteiger partial charge in [-0.2, -0.15) is 13.2 Å². The second kappa shape index (κ2) is 5.12. The normalized spacial score (nSPS) is 13.9. The smallest absolute Gasteiger partial charge is 0.166 e. The summed E-state index contributed by atoms with van der Waals surface area (Å²) in [6.07, 6.45) is -4.28. The molecule has 1 aromatic carbocycles. The van der Waals surface area contributed by atoms with E-state index in [-0.39, 0.29) is 5.25 Å². The van der Waals surface area contributed by atoms with E-state index in [2.05, 4.69) is 0 Å². The van der Waals surface area contributed by atoms with Crippen LogP contribution in [-0.2, 0) is 6.18 Å². The van der Waals surface area contributed by atoms with Crippen LogP contribution >= 0.6 is 23.4 Å². The van der Waals surface area contributed by atoms with Gasteiger partial charge in [0.15, 0.2) is 0 Å². The zero-order chi connectivity index (χ0) is 11.5. The van der Waals surface area contributed by atoms with Crippen molar-refractivity contribution in [2.75, 3.05) is 5.88 Å². The van der Waals surface area contributed by atoms with Crippen molar-refractivity contribution in [1.29, 1.82) is 0 Å². The predicted octanol–water partition coefficient (Wildman–Crippen LogP) is 4.42. The van der Waals surface area contributed by atoms with E-state index in [1.165, 1.54) is 17.8 Å². The highest BCUT2D eigenvalue weighted by Crippen LogP contribution is 2.33. The van der Waals surface area contributed by atoms with Crippen molar-refractivity contribution in [3.63, 3.8) is 0 Å². The first-order chi connectivity index (χ1) is 6.93. The quantitative estimate of drug-likeness (QED) is 0.568. The Kier molecular flexibility index (Phi) is 4.34. The largest absolute Gasteiger partial charge is 0.416 e. The molecule has 0 aromatic heterocycles. The highest BCUT2D eigenvalue weighted by atomic mass is 35.5. The minimum Gasteiger partial charge on any atom is -0.166 e. The van der Waals surface area contributed by atoms with Crippen molar-refractivity contribution in [3.8, 4) is 0 Å². The SMILES string of the molecule is CC(CCl)Sc1cccc(C(F)(F)F)c1. The standard InChI is InChI=1S/C10H10ClF3S/c1-7(6-11)15-9-4-2-3-8(5-9)10(12,13)14/h2-5,7H,6H2,1H3. The molecule has 0 saturated heterocycles. The second-order valence-corrected chi connectivity index (χ2v) is 4.93. The second-order valence-electron chi connectivity index (χ2n) is 3.11. The van der Waals surface area contributed by atoms with Gasteiger partial charge in [0.25, 0.3) is 0 Å². The molecule has 0 saturated carbocycles. The maximum Gasteiger partial charge on any atom is 0.416 e. The lowest BCUT2D eigenvalue weighted by Crippen LogP contribution is -2.05. The van der Waals surface area contributed by atoms with Gasteiger partial charge < -0.3 is 0 Å². The lowest BCUT2D eigenvalue weighted by atomic mass is 10.2. The zero-order valence-corrected chi connectivity index (χ0v) is 9.59. The molecule has 1 atom stereocenters. The van der Waals surface area contributed by atoms with Crippen LogP contribution in [0.2, 0.25) is 0 Å². The summed E-state index contributed by atoms with van der Waals surface area (Å²) in [6.45, 7) is 1.87. The molecule has 0 aliphatic heterocycles. The Morgan fingerprint density at radius 2 is 2.07 bits per heavy atom. The van der Waals surface area contributed by atoms with E-state index in [9.17, 15) is 13.2 Å². The van der Waals surface area contributed by atoms with E-state index in [0.717, 1.165) is 12.1 Å². The Morgan fingerprint density at radius 3 is 2.60 bits per heavy atom. The Labute approximate surface area is 95.8 Å². The van der Waals surface area contributed by atoms with Crippen LogP contribution in [0, 0.1) is 0 Å². The molecule has 1 aromatic rings. The minimum absolute atomic E-state index is 0.107. The average Bonchev–Trinajstić information content (AvgIpc) is 2.17.